The van der Waals surface area contributed by atoms with Crippen LogP contribution < -0.4 is 0 Å². The van der Waals surface area contributed by atoms with E-state index in [1.165, 1.54) is 24.3 Å². The molecular weight excluding hydrogens is 929 g/mol. The number of hydrogen-bond acceptors (Lipinski definition) is 11. The Morgan fingerprint density at radius 2 is 0.693 bits per heavy atom. The lowest BCUT2D eigenvalue weighted by molar-refractivity contribution is 0.666. The van der Waals surface area contributed by atoms with Crippen LogP contribution in [0.1, 0.15) is 33.4 Å². The molecule has 75 heavy (non-hydrogen) atoms. The molecular formula is C62H28N12O. The zero-order chi connectivity index (χ0) is 50.9. The quantitative estimate of drug-likeness (QED) is 0.153. The number of furan rings is 1. The second-order valence-corrected chi connectivity index (χ2v) is 17.6. The van der Waals surface area contributed by atoms with Gasteiger partial charge in [-0.25, -0.2) is 19.9 Å². The molecule has 13 aromatic rings. The van der Waals surface area contributed by atoms with Crippen LogP contribution in [0.2, 0.25) is 0 Å². The van der Waals surface area contributed by atoms with E-state index >= 15 is 0 Å². The molecule has 0 atom stereocenters. The molecule has 0 aliphatic heterocycles. The second kappa shape index (κ2) is 17.0. The summed E-state index contributed by atoms with van der Waals surface area (Å²) in [5.41, 5.74) is 8.82. The topological polar surface area (TPSA) is 217 Å². The molecule has 342 valence electrons. The van der Waals surface area contributed by atoms with Gasteiger partial charge in [-0.05, 0) is 54.6 Å². The lowest BCUT2D eigenvalue weighted by atomic mass is 9.93. The van der Waals surface area contributed by atoms with Crippen molar-refractivity contribution in [2.75, 3.05) is 0 Å². The Morgan fingerprint density at radius 3 is 1.07 bits per heavy atom. The van der Waals surface area contributed by atoms with Crippen LogP contribution in [0.3, 0.4) is 0 Å². The zero-order valence-electron chi connectivity index (χ0n) is 38.9. The minimum absolute atomic E-state index is 0.112. The average Bonchev–Trinajstić information content (AvgIpc) is 4.24. The molecule has 0 saturated heterocycles. The van der Waals surface area contributed by atoms with Crippen LogP contribution >= 0.6 is 0 Å². The third-order valence-electron chi connectivity index (χ3n) is 13.7. The van der Waals surface area contributed by atoms with Crippen molar-refractivity contribution < 1.29 is 4.42 Å². The van der Waals surface area contributed by atoms with Crippen LogP contribution in [0.15, 0.2) is 175 Å². The fraction of sp³-hybridized carbons (Fsp3) is 0. The number of nitriles is 6. The van der Waals surface area contributed by atoms with E-state index < -0.39 is 0 Å². The SMILES string of the molecule is N#Cc1cc(C#N)c(-c2cnc(-c3c(-c4ncc(-c5c(C#N)cc(C#N)cc5C#N)cn4)c(-n4c5ccccc5c5ccccc54)c4c(oc5ccccc54)c3-n3c4ccccc4c4ccccc43)nc2)c(C#N)c1. The number of aromatic nitrogens is 6. The molecule has 13 rings (SSSR count). The van der Waals surface area contributed by atoms with Gasteiger partial charge in [-0.2, -0.15) is 31.6 Å². The summed E-state index contributed by atoms with van der Waals surface area (Å²) in [4.78, 5) is 20.7. The van der Waals surface area contributed by atoms with Crippen molar-refractivity contribution in [2.24, 2.45) is 0 Å². The van der Waals surface area contributed by atoms with E-state index in [9.17, 15) is 31.6 Å². The van der Waals surface area contributed by atoms with Crippen LogP contribution in [0, 0.1) is 68.0 Å². The fourth-order valence-corrected chi connectivity index (χ4v) is 10.7. The maximum atomic E-state index is 10.4. The standard InChI is InChI=1S/C62H28N12O/c63-25-35-21-37(27-65)53(38(22-35)28-66)41-31-69-61(70-32-41)56-57(62-71-33-42(34-72-62)54-39(29-67)23-36(26-64)24-40(54)30-68)59(74-50-18-8-3-13-45(50)46-14-4-9-19-51(46)74)60-55(47-15-5-10-20-52(47)75-60)58(56)73-48-16-6-1-11-43(48)44-12-2-7-17-49(44)73/h1-24,31-34H. The van der Waals surface area contributed by atoms with Crippen molar-refractivity contribution in [1.82, 2.24) is 29.1 Å². The van der Waals surface area contributed by atoms with E-state index in [0.717, 1.165) is 54.4 Å². The van der Waals surface area contributed by atoms with Crippen molar-refractivity contribution in [1.29, 1.82) is 31.6 Å². The van der Waals surface area contributed by atoms with Crippen LogP contribution in [-0.4, -0.2) is 29.1 Å². The number of hydrogen-bond donors (Lipinski definition) is 0. The first-order valence-corrected chi connectivity index (χ1v) is 23.4. The first-order chi connectivity index (χ1) is 37.0. The molecule has 0 saturated carbocycles. The van der Waals surface area contributed by atoms with Gasteiger partial charge >= 0.3 is 0 Å². The largest absolute Gasteiger partial charge is 0.454 e. The molecule has 0 spiro atoms. The Hall–Kier alpha value is -11.7. The van der Waals surface area contributed by atoms with Gasteiger partial charge in [0, 0.05) is 74.0 Å². The smallest absolute Gasteiger partial charge is 0.162 e. The molecule has 0 radical (unpaired) electrons. The van der Waals surface area contributed by atoms with Gasteiger partial charge in [0.05, 0.1) is 114 Å². The Kier molecular flexibility index (Phi) is 9.81. The van der Waals surface area contributed by atoms with Crippen LogP contribution in [0.4, 0.5) is 0 Å². The molecule has 5 aromatic heterocycles. The Balaban J connectivity index is 1.25. The summed E-state index contributed by atoms with van der Waals surface area (Å²) in [6.45, 7) is 0. The van der Waals surface area contributed by atoms with Crippen molar-refractivity contribution >= 4 is 65.6 Å². The van der Waals surface area contributed by atoms with Crippen molar-refractivity contribution in [3.05, 3.63) is 204 Å². The summed E-state index contributed by atoms with van der Waals surface area (Å²) < 4.78 is 11.6. The lowest BCUT2D eigenvalue weighted by Gasteiger charge is -2.22. The Bertz CT molecular complexity index is 4730. The van der Waals surface area contributed by atoms with E-state index in [-0.39, 0.29) is 56.2 Å². The highest BCUT2D eigenvalue weighted by atomic mass is 16.3. The molecule has 0 aliphatic carbocycles. The maximum absolute atomic E-state index is 10.4. The molecule has 0 bridgehead atoms. The molecule has 0 unspecified atom stereocenters. The van der Waals surface area contributed by atoms with E-state index in [1.54, 1.807) is 24.8 Å². The van der Waals surface area contributed by atoms with Gasteiger partial charge in [-0.15, -0.1) is 0 Å². The second-order valence-electron chi connectivity index (χ2n) is 17.6. The summed E-state index contributed by atoms with van der Waals surface area (Å²) in [7, 11) is 0. The molecule has 13 heteroatoms. The van der Waals surface area contributed by atoms with E-state index in [1.807, 2.05) is 84.9 Å². The first kappa shape index (κ1) is 43.3. The van der Waals surface area contributed by atoms with E-state index in [0.29, 0.717) is 44.8 Å². The highest BCUT2D eigenvalue weighted by Gasteiger charge is 2.34. The van der Waals surface area contributed by atoms with Crippen LogP contribution in [0.5, 0.6) is 0 Å². The normalized spacial score (nSPS) is 11.1. The van der Waals surface area contributed by atoms with Crippen molar-refractivity contribution in [3.8, 4) is 92.8 Å². The minimum Gasteiger partial charge on any atom is -0.454 e. The molecule has 0 aliphatic rings. The number of para-hydroxylation sites is 5. The summed E-state index contributed by atoms with van der Waals surface area (Å²) in [6, 6.07) is 58.9. The fourth-order valence-electron chi connectivity index (χ4n) is 10.7. The van der Waals surface area contributed by atoms with E-state index in [2.05, 4.69) is 81.9 Å². The number of fused-ring (bicyclic) bond motifs is 9. The van der Waals surface area contributed by atoms with Crippen LogP contribution in [0.25, 0.3) is 122 Å². The van der Waals surface area contributed by atoms with Gasteiger partial charge in [0.2, 0.25) is 0 Å². The zero-order valence-corrected chi connectivity index (χ0v) is 38.9. The summed E-state index contributed by atoms with van der Waals surface area (Å²) >= 11 is 0. The molecule has 13 nitrogen and oxygen atoms in total. The van der Waals surface area contributed by atoms with Crippen LogP contribution in [-0.2, 0) is 0 Å². The van der Waals surface area contributed by atoms with Gasteiger partial charge in [0.15, 0.2) is 17.2 Å². The summed E-state index contributed by atoms with van der Waals surface area (Å²) in [6.07, 6.45) is 6.28. The van der Waals surface area contributed by atoms with Gasteiger partial charge in [-0.3, -0.25) is 0 Å². The van der Waals surface area contributed by atoms with Crippen molar-refractivity contribution in [2.45, 2.75) is 0 Å². The molecule has 0 N–H and O–H groups in total. The Morgan fingerprint density at radius 1 is 0.360 bits per heavy atom. The summed E-state index contributed by atoms with van der Waals surface area (Å²) in [5, 5.41) is 66.5. The monoisotopic (exact) mass is 956 g/mol. The highest BCUT2D eigenvalue weighted by molar-refractivity contribution is 6.22. The predicted octanol–water partition coefficient (Wildman–Crippen LogP) is 13.3. The number of nitrogens with zero attached hydrogens (tertiary/aromatic N) is 12. The van der Waals surface area contributed by atoms with Crippen molar-refractivity contribution in [3.63, 3.8) is 0 Å². The minimum atomic E-state index is 0.112. The van der Waals surface area contributed by atoms with Gasteiger partial charge < -0.3 is 13.6 Å². The maximum Gasteiger partial charge on any atom is 0.162 e. The summed E-state index contributed by atoms with van der Waals surface area (Å²) in [5.74, 6) is 0.433. The highest BCUT2D eigenvalue weighted by Crippen LogP contribution is 2.52. The average molecular weight is 957 g/mol. The predicted molar refractivity (Wildman–Crippen MR) is 284 cm³/mol. The number of rotatable bonds is 6. The molecule has 0 amide bonds. The van der Waals surface area contributed by atoms with Gasteiger partial charge in [0.25, 0.3) is 0 Å². The lowest BCUT2D eigenvalue weighted by Crippen LogP contribution is -2.09. The van der Waals surface area contributed by atoms with Gasteiger partial charge in [-0.1, -0.05) is 91.0 Å². The third-order valence-corrected chi connectivity index (χ3v) is 13.7. The van der Waals surface area contributed by atoms with Gasteiger partial charge in [0.1, 0.15) is 11.3 Å². The third kappa shape index (κ3) is 6.45. The Labute approximate surface area is 425 Å². The molecule has 5 heterocycles. The molecule has 8 aromatic carbocycles. The number of benzene rings is 8. The van der Waals surface area contributed by atoms with E-state index in [4.69, 9.17) is 24.4 Å². The first-order valence-electron chi connectivity index (χ1n) is 23.4. The molecule has 0 fully saturated rings.